The molecule has 1 saturated heterocycles. The highest BCUT2D eigenvalue weighted by Crippen LogP contribution is 2.29. The molecule has 1 aromatic carbocycles. The Labute approximate surface area is 175 Å². The van der Waals surface area contributed by atoms with Crippen molar-refractivity contribution in [2.45, 2.75) is 19.6 Å². The van der Waals surface area contributed by atoms with Crippen molar-refractivity contribution in [3.63, 3.8) is 0 Å². The van der Waals surface area contributed by atoms with E-state index in [1.807, 2.05) is 18.7 Å². The number of amides is 1. The first-order valence-corrected chi connectivity index (χ1v) is 10.6. The SMILES string of the molecule is Cc1cn2nc(C(=O)NCc3ccc(C(F)(F)F)cc3)cc2c(N2CCSCC2)n1. The molecule has 158 valence electrons. The number of benzene rings is 1. The number of nitrogens with one attached hydrogen (secondary N) is 1. The number of nitrogens with zero attached hydrogens (tertiary/aromatic N) is 4. The zero-order valence-electron chi connectivity index (χ0n) is 16.2. The van der Waals surface area contributed by atoms with Gasteiger partial charge in [-0.05, 0) is 24.6 Å². The first-order valence-electron chi connectivity index (χ1n) is 9.45. The van der Waals surface area contributed by atoms with Gasteiger partial charge in [-0.1, -0.05) is 12.1 Å². The molecule has 0 saturated carbocycles. The van der Waals surface area contributed by atoms with Crippen molar-refractivity contribution >= 4 is 29.0 Å². The Balaban J connectivity index is 1.51. The second-order valence-electron chi connectivity index (χ2n) is 7.04. The lowest BCUT2D eigenvalue weighted by Gasteiger charge is -2.28. The smallest absolute Gasteiger partial charge is 0.353 e. The number of halogens is 3. The van der Waals surface area contributed by atoms with E-state index in [1.54, 1.807) is 16.8 Å². The predicted molar refractivity (Wildman–Crippen MR) is 110 cm³/mol. The largest absolute Gasteiger partial charge is 0.416 e. The number of anilines is 1. The Bertz CT molecular complexity index is 1060. The van der Waals surface area contributed by atoms with Crippen LogP contribution >= 0.6 is 11.8 Å². The monoisotopic (exact) mass is 435 g/mol. The summed E-state index contributed by atoms with van der Waals surface area (Å²) in [6, 6.07) is 6.42. The van der Waals surface area contributed by atoms with Gasteiger partial charge in [0.05, 0.1) is 17.5 Å². The standard InChI is InChI=1S/C20H20F3N5OS/c1-13-12-28-17(18(25-13)27-6-8-30-9-7-27)10-16(26-28)19(29)24-11-14-2-4-15(5-3-14)20(21,22)23/h2-5,10,12H,6-9,11H2,1H3,(H,24,29). The van der Waals surface area contributed by atoms with Crippen LogP contribution < -0.4 is 10.2 Å². The van der Waals surface area contributed by atoms with Gasteiger partial charge in [0.25, 0.3) is 5.91 Å². The lowest BCUT2D eigenvalue weighted by atomic mass is 10.1. The third-order valence-electron chi connectivity index (χ3n) is 4.83. The van der Waals surface area contributed by atoms with Crippen molar-refractivity contribution < 1.29 is 18.0 Å². The van der Waals surface area contributed by atoms with Crippen molar-refractivity contribution in [3.8, 4) is 0 Å². The van der Waals surface area contributed by atoms with Crippen molar-refractivity contribution in [2.24, 2.45) is 0 Å². The lowest BCUT2D eigenvalue weighted by Crippen LogP contribution is -2.33. The normalized spacial score (nSPS) is 14.9. The van der Waals surface area contributed by atoms with E-state index in [-0.39, 0.29) is 12.2 Å². The summed E-state index contributed by atoms with van der Waals surface area (Å²) >= 11 is 1.90. The molecule has 0 bridgehead atoms. The van der Waals surface area contributed by atoms with Gasteiger partial charge in [-0.3, -0.25) is 4.79 Å². The fourth-order valence-electron chi connectivity index (χ4n) is 3.29. The number of rotatable bonds is 4. The second kappa shape index (κ2) is 8.17. The molecule has 1 aliphatic rings. The minimum absolute atomic E-state index is 0.109. The maximum absolute atomic E-state index is 12.7. The van der Waals surface area contributed by atoms with Gasteiger partial charge in [-0.25, -0.2) is 9.50 Å². The zero-order valence-corrected chi connectivity index (χ0v) is 17.1. The molecule has 4 rings (SSSR count). The van der Waals surface area contributed by atoms with Gasteiger partial charge in [0, 0.05) is 37.2 Å². The van der Waals surface area contributed by atoms with Crippen LogP contribution in [0, 0.1) is 6.92 Å². The van der Waals surface area contributed by atoms with Crippen LogP contribution in [0.5, 0.6) is 0 Å². The van der Waals surface area contributed by atoms with Gasteiger partial charge >= 0.3 is 6.18 Å². The van der Waals surface area contributed by atoms with Gasteiger partial charge in [0.15, 0.2) is 11.5 Å². The number of thioether (sulfide) groups is 1. The summed E-state index contributed by atoms with van der Waals surface area (Å²) < 4.78 is 39.6. The van der Waals surface area contributed by atoms with Crippen molar-refractivity contribution in [3.05, 3.63) is 59.0 Å². The molecule has 3 heterocycles. The van der Waals surface area contributed by atoms with Crippen molar-refractivity contribution in [2.75, 3.05) is 29.5 Å². The summed E-state index contributed by atoms with van der Waals surface area (Å²) in [5.41, 5.74) is 1.65. The van der Waals surface area contributed by atoms with Gasteiger partial charge < -0.3 is 10.2 Å². The lowest BCUT2D eigenvalue weighted by molar-refractivity contribution is -0.137. The number of hydrogen-bond donors (Lipinski definition) is 1. The molecule has 1 fully saturated rings. The maximum atomic E-state index is 12.7. The molecule has 1 N–H and O–H groups in total. The number of aromatic nitrogens is 3. The molecule has 0 aliphatic carbocycles. The minimum atomic E-state index is -4.38. The molecule has 2 aromatic heterocycles. The van der Waals surface area contributed by atoms with E-state index in [4.69, 9.17) is 0 Å². The molecule has 0 radical (unpaired) electrons. The fourth-order valence-corrected chi connectivity index (χ4v) is 4.20. The van der Waals surface area contributed by atoms with E-state index in [0.717, 1.165) is 53.8 Å². The summed E-state index contributed by atoms with van der Waals surface area (Å²) in [7, 11) is 0. The van der Waals surface area contributed by atoms with Crippen LogP contribution in [0.2, 0.25) is 0 Å². The summed E-state index contributed by atoms with van der Waals surface area (Å²) in [6.45, 7) is 3.76. The van der Waals surface area contributed by atoms with Crippen LogP contribution in [0.3, 0.4) is 0 Å². The van der Waals surface area contributed by atoms with Crippen LogP contribution in [-0.4, -0.2) is 45.1 Å². The highest BCUT2D eigenvalue weighted by atomic mass is 32.2. The number of hydrogen-bond acceptors (Lipinski definition) is 5. The quantitative estimate of drug-likeness (QED) is 0.679. The Morgan fingerprint density at radius 3 is 2.57 bits per heavy atom. The first-order chi connectivity index (χ1) is 14.3. The summed E-state index contributed by atoms with van der Waals surface area (Å²) in [5.74, 6) is 2.47. The van der Waals surface area contributed by atoms with Gasteiger partial charge in [-0.2, -0.15) is 30.0 Å². The first kappa shape index (κ1) is 20.5. The van der Waals surface area contributed by atoms with Gasteiger partial charge in [0.2, 0.25) is 0 Å². The molecule has 10 heteroatoms. The summed E-state index contributed by atoms with van der Waals surface area (Å²) in [5, 5.41) is 7.09. The van der Waals surface area contributed by atoms with Crippen molar-refractivity contribution in [1.29, 1.82) is 0 Å². The van der Waals surface area contributed by atoms with Crippen molar-refractivity contribution in [1.82, 2.24) is 19.9 Å². The summed E-state index contributed by atoms with van der Waals surface area (Å²) in [6.07, 6.45) is -2.61. The Morgan fingerprint density at radius 1 is 1.20 bits per heavy atom. The van der Waals surface area contributed by atoms with E-state index >= 15 is 0 Å². The number of fused-ring (bicyclic) bond motifs is 1. The molecular formula is C20H20F3N5OS. The topological polar surface area (TPSA) is 62.5 Å². The molecule has 1 aliphatic heterocycles. The van der Waals surface area contributed by atoms with Crippen LogP contribution in [-0.2, 0) is 12.7 Å². The maximum Gasteiger partial charge on any atom is 0.416 e. The van der Waals surface area contributed by atoms with E-state index in [2.05, 4.69) is 20.3 Å². The number of carbonyl (C=O) groups is 1. The van der Waals surface area contributed by atoms with E-state index in [1.165, 1.54) is 12.1 Å². The minimum Gasteiger partial charge on any atom is -0.353 e. The molecule has 6 nitrogen and oxygen atoms in total. The second-order valence-corrected chi connectivity index (χ2v) is 8.27. The third kappa shape index (κ3) is 4.38. The molecule has 1 amide bonds. The van der Waals surface area contributed by atoms with E-state index in [0.29, 0.717) is 5.56 Å². The average Bonchev–Trinajstić information content (AvgIpc) is 3.15. The van der Waals surface area contributed by atoms with Crippen LogP contribution in [0.15, 0.2) is 36.5 Å². The number of aryl methyl sites for hydroxylation is 1. The number of carbonyl (C=O) groups excluding carboxylic acids is 1. The number of alkyl halides is 3. The van der Waals surface area contributed by atoms with E-state index < -0.39 is 17.6 Å². The molecular weight excluding hydrogens is 415 g/mol. The molecule has 0 spiro atoms. The Kier molecular flexibility index (Phi) is 5.59. The Morgan fingerprint density at radius 2 is 1.90 bits per heavy atom. The fraction of sp³-hybridized carbons (Fsp3) is 0.350. The molecule has 3 aromatic rings. The molecule has 0 atom stereocenters. The highest BCUT2D eigenvalue weighted by molar-refractivity contribution is 7.99. The van der Waals surface area contributed by atoms with Crippen LogP contribution in [0.1, 0.15) is 27.3 Å². The van der Waals surface area contributed by atoms with Gasteiger partial charge in [0.1, 0.15) is 5.52 Å². The highest BCUT2D eigenvalue weighted by Gasteiger charge is 2.30. The van der Waals surface area contributed by atoms with Gasteiger partial charge in [-0.15, -0.1) is 0 Å². The Hall–Kier alpha value is -2.75. The molecule has 30 heavy (non-hydrogen) atoms. The zero-order chi connectivity index (χ0) is 21.3. The predicted octanol–water partition coefficient (Wildman–Crippen LogP) is 3.54. The van der Waals surface area contributed by atoms with E-state index in [9.17, 15) is 18.0 Å². The molecule has 0 unspecified atom stereocenters. The third-order valence-corrected chi connectivity index (χ3v) is 5.78. The average molecular weight is 435 g/mol. The van der Waals surface area contributed by atoms with Crippen LogP contribution in [0.4, 0.5) is 19.0 Å². The van der Waals surface area contributed by atoms with Crippen LogP contribution in [0.25, 0.3) is 5.52 Å². The summed E-state index contributed by atoms with van der Waals surface area (Å²) in [4.78, 5) is 19.4.